The van der Waals surface area contributed by atoms with Crippen molar-refractivity contribution >= 4 is 22.4 Å². The second kappa shape index (κ2) is 5.49. The quantitative estimate of drug-likeness (QED) is 0.920. The van der Waals surface area contributed by atoms with Gasteiger partial charge in [-0.3, -0.25) is 0 Å². The topological polar surface area (TPSA) is 53.4 Å². The third kappa shape index (κ3) is 2.76. The van der Waals surface area contributed by atoms with Crippen molar-refractivity contribution in [3.05, 3.63) is 10.6 Å². The first-order valence-electron chi connectivity index (χ1n) is 6.92. The van der Waals surface area contributed by atoms with Crippen LogP contribution in [0.3, 0.4) is 0 Å². The van der Waals surface area contributed by atoms with E-state index in [0.29, 0.717) is 16.8 Å². The van der Waals surface area contributed by atoms with E-state index in [9.17, 15) is 9.90 Å². The first kappa shape index (κ1) is 14.3. The summed E-state index contributed by atoms with van der Waals surface area (Å²) in [6.45, 7) is 9.43. The molecule has 1 aromatic heterocycles. The average Bonchev–Trinajstić information content (AvgIpc) is 2.77. The summed E-state index contributed by atoms with van der Waals surface area (Å²) >= 11 is 1.32. The van der Waals surface area contributed by atoms with Gasteiger partial charge in [0.25, 0.3) is 0 Å². The highest BCUT2D eigenvalue weighted by Gasteiger charge is 2.29. The number of hydrogen-bond donors (Lipinski definition) is 1. The van der Waals surface area contributed by atoms with E-state index in [1.807, 2.05) is 13.8 Å². The van der Waals surface area contributed by atoms with Crippen LogP contribution in [0.1, 0.15) is 61.8 Å². The van der Waals surface area contributed by atoms with E-state index in [0.717, 1.165) is 23.8 Å². The molecule has 0 amide bonds. The first-order chi connectivity index (χ1) is 8.91. The molecule has 1 aliphatic heterocycles. The minimum atomic E-state index is -0.856. The van der Waals surface area contributed by atoms with Gasteiger partial charge in [0.2, 0.25) is 0 Å². The zero-order valence-electron chi connectivity index (χ0n) is 12.0. The van der Waals surface area contributed by atoms with Gasteiger partial charge in [0.15, 0.2) is 5.13 Å². The van der Waals surface area contributed by atoms with Crippen molar-refractivity contribution < 1.29 is 9.90 Å². The van der Waals surface area contributed by atoms with Gasteiger partial charge < -0.3 is 10.0 Å². The van der Waals surface area contributed by atoms with E-state index in [2.05, 4.69) is 23.7 Å². The summed E-state index contributed by atoms with van der Waals surface area (Å²) in [4.78, 5) is 18.6. The van der Waals surface area contributed by atoms with Crippen molar-refractivity contribution in [1.82, 2.24) is 4.98 Å². The van der Waals surface area contributed by atoms with Gasteiger partial charge in [-0.2, -0.15) is 0 Å². The van der Waals surface area contributed by atoms with Crippen LogP contribution in [0.15, 0.2) is 0 Å². The van der Waals surface area contributed by atoms with Crippen molar-refractivity contribution in [2.24, 2.45) is 5.92 Å². The first-order valence-corrected chi connectivity index (χ1v) is 7.74. The lowest BCUT2D eigenvalue weighted by Crippen LogP contribution is -2.42. The highest BCUT2D eigenvalue weighted by molar-refractivity contribution is 7.17. The number of thiazole rings is 1. The number of aromatic nitrogens is 1. The van der Waals surface area contributed by atoms with Crippen LogP contribution in [0.5, 0.6) is 0 Å². The van der Waals surface area contributed by atoms with Crippen molar-refractivity contribution in [1.29, 1.82) is 0 Å². The van der Waals surface area contributed by atoms with E-state index in [4.69, 9.17) is 0 Å². The summed E-state index contributed by atoms with van der Waals surface area (Å²) in [6, 6.07) is 0.432. The van der Waals surface area contributed by atoms with Crippen LogP contribution in [0.2, 0.25) is 0 Å². The van der Waals surface area contributed by atoms with Gasteiger partial charge in [-0.15, -0.1) is 0 Å². The van der Waals surface area contributed by atoms with E-state index in [-0.39, 0.29) is 5.92 Å². The van der Waals surface area contributed by atoms with Gasteiger partial charge in [0, 0.05) is 12.6 Å². The Morgan fingerprint density at radius 3 is 2.68 bits per heavy atom. The van der Waals surface area contributed by atoms with Gasteiger partial charge in [-0.25, -0.2) is 9.78 Å². The minimum absolute atomic E-state index is 0.147. The van der Waals surface area contributed by atoms with Gasteiger partial charge in [-0.1, -0.05) is 32.1 Å². The molecule has 106 valence electrons. The zero-order valence-corrected chi connectivity index (χ0v) is 12.8. The molecule has 2 atom stereocenters. The zero-order chi connectivity index (χ0) is 14.2. The number of rotatable bonds is 3. The molecule has 2 heterocycles. The van der Waals surface area contributed by atoms with Crippen molar-refractivity contribution in [3.63, 3.8) is 0 Å². The predicted molar refractivity (Wildman–Crippen MR) is 78.4 cm³/mol. The van der Waals surface area contributed by atoms with Gasteiger partial charge in [-0.05, 0) is 31.6 Å². The molecule has 0 radical (unpaired) electrons. The van der Waals surface area contributed by atoms with Crippen LogP contribution in [-0.4, -0.2) is 28.6 Å². The van der Waals surface area contributed by atoms with Crippen LogP contribution in [0, 0.1) is 5.92 Å². The molecule has 1 fully saturated rings. The molecule has 1 saturated heterocycles. The number of carboxylic acid groups (broad SMARTS) is 1. The summed E-state index contributed by atoms with van der Waals surface area (Å²) in [6.07, 6.45) is 2.40. The Hall–Kier alpha value is -1.10. The molecule has 0 saturated carbocycles. The van der Waals surface area contributed by atoms with Crippen LogP contribution in [-0.2, 0) is 0 Å². The van der Waals surface area contributed by atoms with E-state index in [1.165, 1.54) is 17.8 Å². The molecule has 0 aliphatic carbocycles. The number of anilines is 1. The SMILES string of the molecule is CC(C)c1nc(N2CCCC(C)C2C)sc1C(=O)O. The fourth-order valence-corrected chi connectivity index (χ4v) is 3.77. The number of hydrogen-bond acceptors (Lipinski definition) is 4. The smallest absolute Gasteiger partial charge is 0.347 e. The number of carbonyl (C=O) groups is 1. The Morgan fingerprint density at radius 1 is 1.47 bits per heavy atom. The summed E-state index contributed by atoms with van der Waals surface area (Å²) in [5.74, 6) is -0.0767. The summed E-state index contributed by atoms with van der Waals surface area (Å²) < 4.78 is 0. The van der Waals surface area contributed by atoms with E-state index in [1.54, 1.807) is 0 Å². The lowest BCUT2D eigenvalue weighted by molar-refractivity contribution is 0.0700. The van der Waals surface area contributed by atoms with Gasteiger partial charge in [0.1, 0.15) is 4.88 Å². The number of nitrogens with zero attached hydrogens (tertiary/aromatic N) is 2. The third-order valence-electron chi connectivity index (χ3n) is 4.00. The molecule has 5 heteroatoms. The molecule has 1 N–H and O–H groups in total. The molecular weight excluding hydrogens is 260 g/mol. The monoisotopic (exact) mass is 282 g/mol. The maximum absolute atomic E-state index is 11.3. The molecule has 0 spiro atoms. The van der Waals surface area contributed by atoms with Gasteiger partial charge in [0.05, 0.1) is 5.69 Å². The molecule has 1 aliphatic rings. The van der Waals surface area contributed by atoms with Crippen molar-refractivity contribution in [2.45, 2.75) is 52.5 Å². The van der Waals surface area contributed by atoms with Crippen molar-refractivity contribution in [3.8, 4) is 0 Å². The average molecular weight is 282 g/mol. The Balaban J connectivity index is 2.35. The highest BCUT2D eigenvalue weighted by atomic mass is 32.1. The van der Waals surface area contributed by atoms with Crippen LogP contribution < -0.4 is 4.90 Å². The fourth-order valence-electron chi connectivity index (χ4n) is 2.59. The number of carboxylic acids is 1. The minimum Gasteiger partial charge on any atom is -0.477 e. The number of piperidine rings is 1. The van der Waals surface area contributed by atoms with Crippen molar-refractivity contribution in [2.75, 3.05) is 11.4 Å². The Kier molecular flexibility index (Phi) is 4.13. The normalized spacial score (nSPS) is 23.9. The van der Waals surface area contributed by atoms with E-state index < -0.39 is 5.97 Å². The van der Waals surface area contributed by atoms with Gasteiger partial charge >= 0.3 is 5.97 Å². The Labute approximate surface area is 118 Å². The molecule has 2 unspecified atom stereocenters. The maximum atomic E-state index is 11.3. The van der Waals surface area contributed by atoms with E-state index >= 15 is 0 Å². The molecule has 19 heavy (non-hydrogen) atoms. The summed E-state index contributed by atoms with van der Waals surface area (Å²) in [7, 11) is 0. The third-order valence-corrected chi connectivity index (χ3v) is 5.10. The largest absolute Gasteiger partial charge is 0.477 e. The number of aromatic carboxylic acids is 1. The maximum Gasteiger partial charge on any atom is 0.347 e. The van der Waals surface area contributed by atoms with Crippen LogP contribution in [0.25, 0.3) is 0 Å². The molecule has 1 aromatic rings. The van der Waals surface area contributed by atoms with Crippen LogP contribution in [0.4, 0.5) is 5.13 Å². The molecule has 4 nitrogen and oxygen atoms in total. The second-order valence-corrected chi connectivity index (χ2v) is 6.70. The molecular formula is C14H22N2O2S. The molecule has 0 aromatic carbocycles. The Bertz CT molecular complexity index is 470. The van der Waals surface area contributed by atoms with Crippen LogP contribution >= 0.6 is 11.3 Å². The lowest BCUT2D eigenvalue weighted by Gasteiger charge is -2.37. The summed E-state index contributed by atoms with van der Waals surface area (Å²) in [5.41, 5.74) is 0.720. The molecule has 0 bridgehead atoms. The lowest BCUT2D eigenvalue weighted by atomic mass is 9.92. The standard InChI is InChI=1S/C14H22N2O2S/c1-8(2)11-12(13(17)18)19-14(15-11)16-7-5-6-9(3)10(16)4/h8-10H,5-7H2,1-4H3,(H,17,18). The predicted octanol–water partition coefficient (Wildman–Crippen LogP) is 3.59. The summed E-state index contributed by atoms with van der Waals surface area (Å²) in [5, 5.41) is 10.2. The Morgan fingerprint density at radius 2 is 2.16 bits per heavy atom. The molecule has 2 rings (SSSR count). The second-order valence-electron chi connectivity index (χ2n) is 5.72. The fraction of sp³-hybridized carbons (Fsp3) is 0.714. The highest BCUT2D eigenvalue weighted by Crippen LogP contribution is 2.35.